The molecule has 1 unspecified atom stereocenters. The summed E-state index contributed by atoms with van der Waals surface area (Å²) in [7, 11) is 0. The van der Waals surface area contributed by atoms with Crippen molar-refractivity contribution in [1.82, 2.24) is 0 Å². The summed E-state index contributed by atoms with van der Waals surface area (Å²) in [6.07, 6.45) is 2.73. The number of hydrogen-bond acceptors (Lipinski definition) is 2. The molecule has 3 nitrogen and oxygen atoms in total. The van der Waals surface area contributed by atoms with E-state index in [9.17, 15) is 13.6 Å². The van der Waals surface area contributed by atoms with Crippen molar-refractivity contribution in [2.75, 3.05) is 11.9 Å². The lowest BCUT2D eigenvalue weighted by atomic mass is 9.96. The molecule has 0 aliphatic heterocycles. The van der Waals surface area contributed by atoms with Crippen LogP contribution in [0.2, 0.25) is 5.02 Å². The van der Waals surface area contributed by atoms with Gasteiger partial charge in [0, 0.05) is 12.5 Å². The lowest BCUT2D eigenvalue weighted by Crippen LogP contribution is -2.16. The molecular weight excluding hydrogens is 286 g/mol. The minimum Gasteiger partial charge on any atom is -0.330 e. The highest BCUT2D eigenvalue weighted by Gasteiger charge is 2.14. The van der Waals surface area contributed by atoms with Gasteiger partial charge in [-0.2, -0.15) is 0 Å². The number of amides is 1. The fourth-order valence-electron chi connectivity index (χ4n) is 1.99. The first-order valence-corrected chi connectivity index (χ1v) is 7.00. The van der Waals surface area contributed by atoms with E-state index in [0.717, 1.165) is 18.9 Å². The zero-order chi connectivity index (χ0) is 15.1. The molecule has 0 saturated heterocycles. The molecule has 0 bridgehead atoms. The number of halogens is 3. The number of hydrogen-bond donors (Lipinski definition) is 2. The molecule has 1 aromatic rings. The number of nitrogens with one attached hydrogen (secondary N) is 1. The molecule has 0 aliphatic carbocycles. The number of carbonyl (C=O) groups is 1. The molecule has 1 amide bonds. The van der Waals surface area contributed by atoms with Crippen molar-refractivity contribution in [2.45, 2.75) is 32.6 Å². The minimum atomic E-state index is -0.877. The summed E-state index contributed by atoms with van der Waals surface area (Å²) in [5.74, 6) is -1.62. The van der Waals surface area contributed by atoms with E-state index in [0.29, 0.717) is 24.9 Å². The van der Waals surface area contributed by atoms with E-state index in [1.165, 1.54) is 0 Å². The average molecular weight is 305 g/mol. The summed E-state index contributed by atoms with van der Waals surface area (Å²) in [5.41, 5.74) is 5.31. The molecule has 0 radical (unpaired) electrons. The summed E-state index contributed by atoms with van der Waals surface area (Å²) in [4.78, 5) is 11.8. The van der Waals surface area contributed by atoms with Gasteiger partial charge in [-0.1, -0.05) is 24.9 Å². The lowest BCUT2D eigenvalue weighted by Gasteiger charge is -2.13. The van der Waals surface area contributed by atoms with Crippen LogP contribution >= 0.6 is 11.6 Å². The second-order valence-electron chi connectivity index (χ2n) is 4.68. The minimum absolute atomic E-state index is 0.148. The molecule has 20 heavy (non-hydrogen) atoms. The number of benzene rings is 1. The van der Waals surface area contributed by atoms with Gasteiger partial charge in [-0.3, -0.25) is 4.79 Å². The van der Waals surface area contributed by atoms with Crippen molar-refractivity contribution in [3.05, 3.63) is 28.8 Å². The maximum atomic E-state index is 13.5. The molecule has 1 rings (SSSR count). The molecule has 1 atom stereocenters. The average Bonchev–Trinajstić information content (AvgIpc) is 2.38. The van der Waals surface area contributed by atoms with Gasteiger partial charge in [0.15, 0.2) is 5.82 Å². The predicted octanol–water partition coefficient (Wildman–Crippen LogP) is 3.71. The van der Waals surface area contributed by atoms with E-state index in [1.807, 2.05) is 6.92 Å². The van der Waals surface area contributed by atoms with Crippen molar-refractivity contribution < 1.29 is 13.6 Å². The monoisotopic (exact) mass is 304 g/mol. The van der Waals surface area contributed by atoms with Crippen molar-refractivity contribution in [3.8, 4) is 0 Å². The van der Waals surface area contributed by atoms with Crippen molar-refractivity contribution in [2.24, 2.45) is 11.7 Å². The molecule has 0 aliphatic rings. The zero-order valence-electron chi connectivity index (χ0n) is 11.4. The van der Waals surface area contributed by atoms with Gasteiger partial charge in [0.2, 0.25) is 5.91 Å². The van der Waals surface area contributed by atoms with Gasteiger partial charge < -0.3 is 11.1 Å². The van der Waals surface area contributed by atoms with Crippen LogP contribution in [0, 0.1) is 17.6 Å². The van der Waals surface area contributed by atoms with E-state index < -0.39 is 11.6 Å². The first-order chi connectivity index (χ1) is 9.47. The number of rotatable bonds is 7. The van der Waals surface area contributed by atoms with E-state index in [-0.39, 0.29) is 23.0 Å². The van der Waals surface area contributed by atoms with Crippen LogP contribution in [-0.2, 0) is 4.79 Å². The summed E-state index contributed by atoms with van der Waals surface area (Å²) < 4.78 is 26.4. The Labute approximate surface area is 122 Å². The molecule has 6 heteroatoms. The fourth-order valence-corrected chi connectivity index (χ4v) is 2.23. The second kappa shape index (κ2) is 8.17. The molecule has 0 heterocycles. The van der Waals surface area contributed by atoms with E-state index >= 15 is 0 Å². The third-order valence-electron chi connectivity index (χ3n) is 3.20. The molecular formula is C14H19ClF2N2O. The van der Waals surface area contributed by atoms with Crippen LogP contribution < -0.4 is 11.1 Å². The van der Waals surface area contributed by atoms with Crippen LogP contribution in [0.15, 0.2) is 12.1 Å². The Kier molecular flexibility index (Phi) is 6.88. The number of carbonyl (C=O) groups excluding carboxylic acids is 1. The van der Waals surface area contributed by atoms with Gasteiger partial charge in [0.1, 0.15) is 5.82 Å². The Balaban J connectivity index is 2.59. The van der Waals surface area contributed by atoms with Crippen LogP contribution in [0.1, 0.15) is 32.6 Å². The lowest BCUT2D eigenvalue weighted by molar-refractivity contribution is -0.116. The predicted molar refractivity (Wildman–Crippen MR) is 76.7 cm³/mol. The molecule has 0 aromatic heterocycles. The molecule has 0 fully saturated rings. The molecule has 0 saturated carbocycles. The van der Waals surface area contributed by atoms with Crippen molar-refractivity contribution in [3.63, 3.8) is 0 Å². The normalized spacial score (nSPS) is 12.2. The third-order valence-corrected chi connectivity index (χ3v) is 3.50. The van der Waals surface area contributed by atoms with Crippen molar-refractivity contribution in [1.29, 1.82) is 0 Å². The molecule has 0 spiro atoms. The number of nitrogens with two attached hydrogens (primary N) is 1. The Hall–Kier alpha value is -1.20. The van der Waals surface area contributed by atoms with Crippen LogP contribution in [-0.4, -0.2) is 12.5 Å². The highest BCUT2D eigenvalue weighted by Crippen LogP contribution is 2.26. The Morgan fingerprint density at radius 1 is 1.40 bits per heavy atom. The van der Waals surface area contributed by atoms with Gasteiger partial charge in [-0.25, -0.2) is 8.78 Å². The first-order valence-electron chi connectivity index (χ1n) is 6.62. The van der Waals surface area contributed by atoms with E-state index in [4.69, 9.17) is 17.3 Å². The van der Waals surface area contributed by atoms with E-state index in [2.05, 4.69) is 5.32 Å². The summed E-state index contributed by atoms with van der Waals surface area (Å²) in [5, 5.41) is 2.24. The summed E-state index contributed by atoms with van der Waals surface area (Å²) in [6.45, 7) is 2.62. The highest BCUT2D eigenvalue weighted by molar-refractivity contribution is 6.33. The molecule has 3 N–H and O–H groups in total. The highest BCUT2D eigenvalue weighted by atomic mass is 35.5. The topological polar surface area (TPSA) is 55.1 Å². The van der Waals surface area contributed by atoms with Gasteiger partial charge in [-0.15, -0.1) is 0 Å². The Morgan fingerprint density at radius 3 is 2.65 bits per heavy atom. The molecule has 112 valence electrons. The van der Waals surface area contributed by atoms with Gasteiger partial charge in [-0.05, 0) is 31.4 Å². The number of anilines is 1. The zero-order valence-corrected chi connectivity index (χ0v) is 12.1. The maximum Gasteiger partial charge on any atom is 0.224 e. The van der Waals surface area contributed by atoms with Crippen LogP contribution in [0.4, 0.5) is 14.5 Å². The Bertz CT molecular complexity index is 445. The van der Waals surface area contributed by atoms with Gasteiger partial charge >= 0.3 is 0 Å². The fraction of sp³-hybridized carbons (Fsp3) is 0.500. The van der Waals surface area contributed by atoms with E-state index in [1.54, 1.807) is 0 Å². The maximum absolute atomic E-state index is 13.5. The second-order valence-corrected chi connectivity index (χ2v) is 5.09. The SMILES string of the molecule is CCC(CCN)CCC(=O)Nc1c(F)cc(F)cc1Cl. The van der Waals surface area contributed by atoms with Gasteiger partial charge in [0.05, 0.1) is 10.7 Å². The Morgan fingerprint density at radius 2 is 2.10 bits per heavy atom. The summed E-state index contributed by atoms with van der Waals surface area (Å²) >= 11 is 5.71. The largest absolute Gasteiger partial charge is 0.330 e. The van der Waals surface area contributed by atoms with Crippen LogP contribution in [0.25, 0.3) is 0 Å². The quantitative estimate of drug-likeness (QED) is 0.807. The van der Waals surface area contributed by atoms with Crippen LogP contribution in [0.3, 0.4) is 0 Å². The standard InChI is InChI=1S/C14H19ClF2N2O/c1-2-9(5-6-18)3-4-13(20)19-14-11(15)7-10(16)8-12(14)17/h7-9H,2-6,18H2,1H3,(H,19,20). The van der Waals surface area contributed by atoms with Crippen LogP contribution in [0.5, 0.6) is 0 Å². The van der Waals surface area contributed by atoms with Crippen molar-refractivity contribution >= 4 is 23.2 Å². The molecule has 1 aromatic carbocycles. The third kappa shape index (κ3) is 5.06. The first kappa shape index (κ1) is 16.9. The van der Waals surface area contributed by atoms with Gasteiger partial charge in [0.25, 0.3) is 0 Å². The smallest absolute Gasteiger partial charge is 0.224 e. The summed E-state index contributed by atoms with van der Waals surface area (Å²) in [6, 6.07) is 1.65.